The molecule has 0 aliphatic heterocycles. The van der Waals surface area contributed by atoms with Crippen LogP contribution in [0, 0.1) is 5.41 Å². The van der Waals surface area contributed by atoms with Crippen molar-refractivity contribution in [1.82, 2.24) is 4.90 Å². The molecule has 0 amide bonds. The van der Waals surface area contributed by atoms with Crippen LogP contribution in [-0.4, -0.2) is 23.8 Å². The monoisotopic (exact) mass is 219 g/mol. The topological polar surface area (TPSA) is 53.1 Å². The minimum atomic E-state index is 0.132. The molecule has 0 aromatic heterocycles. The number of nitrogen functional groups attached to an aromatic ring is 1. The molecule has 88 valence electrons. The highest BCUT2D eigenvalue weighted by atomic mass is 15.1. The molecule has 0 aliphatic rings. The van der Waals surface area contributed by atoms with Crippen molar-refractivity contribution < 1.29 is 0 Å². The van der Waals surface area contributed by atoms with Gasteiger partial charge in [0.15, 0.2) is 0 Å². The molecule has 0 saturated heterocycles. The van der Waals surface area contributed by atoms with Gasteiger partial charge in [0, 0.05) is 12.1 Å². The second-order valence-electron chi connectivity index (χ2n) is 3.98. The lowest BCUT2D eigenvalue weighted by Crippen LogP contribution is -2.23. The molecular weight excluding hydrogens is 198 g/mol. The summed E-state index contributed by atoms with van der Waals surface area (Å²) in [6.07, 6.45) is 1.18. The first-order chi connectivity index (χ1) is 7.67. The van der Waals surface area contributed by atoms with Gasteiger partial charge >= 0.3 is 0 Å². The van der Waals surface area contributed by atoms with Gasteiger partial charge in [-0.3, -0.25) is 10.3 Å². The highest BCUT2D eigenvalue weighted by Gasteiger charge is 2.02. The Kier molecular flexibility index (Phi) is 4.99. The molecule has 0 aliphatic carbocycles. The zero-order chi connectivity index (χ0) is 12.0. The second kappa shape index (κ2) is 6.28. The molecule has 0 unspecified atom stereocenters. The second-order valence-corrected chi connectivity index (χ2v) is 3.98. The molecule has 0 saturated carbocycles. The van der Waals surface area contributed by atoms with E-state index < -0.39 is 0 Å². The highest BCUT2D eigenvalue weighted by Crippen LogP contribution is 2.07. The molecule has 0 spiro atoms. The lowest BCUT2D eigenvalue weighted by Gasteiger charge is -2.19. The van der Waals surface area contributed by atoms with E-state index in [0.717, 1.165) is 25.2 Å². The van der Waals surface area contributed by atoms with Crippen LogP contribution in [0.15, 0.2) is 24.3 Å². The summed E-state index contributed by atoms with van der Waals surface area (Å²) in [6.45, 7) is 7.55. The highest BCUT2D eigenvalue weighted by molar-refractivity contribution is 5.94. The molecule has 3 heteroatoms. The van der Waals surface area contributed by atoms with E-state index in [0.29, 0.717) is 0 Å². The summed E-state index contributed by atoms with van der Waals surface area (Å²) in [5.74, 6) is 0.132. The molecule has 0 fully saturated rings. The maximum Gasteiger partial charge on any atom is 0.122 e. The van der Waals surface area contributed by atoms with E-state index in [1.54, 1.807) is 0 Å². The van der Waals surface area contributed by atoms with E-state index in [1.807, 2.05) is 12.1 Å². The van der Waals surface area contributed by atoms with E-state index in [9.17, 15) is 0 Å². The summed E-state index contributed by atoms with van der Waals surface area (Å²) in [5.41, 5.74) is 7.48. The fourth-order valence-electron chi connectivity index (χ4n) is 1.71. The molecule has 3 N–H and O–H groups in total. The Morgan fingerprint density at radius 2 is 1.88 bits per heavy atom. The molecule has 0 heterocycles. The van der Waals surface area contributed by atoms with Crippen LogP contribution in [0.5, 0.6) is 0 Å². The summed E-state index contributed by atoms with van der Waals surface area (Å²) < 4.78 is 0. The van der Waals surface area contributed by atoms with Crippen molar-refractivity contribution in [2.24, 2.45) is 5.73 Å². The van der Waals surface area contributed by atoms with Gasteiger partial charge in [-0.1, -0.05) is 38.1 Å². The summed E-state index contributed by atoms with van der Waals surface area (Å²) in [7, 11) is 0. The van der Waals surface area contributed by atoms with Crippen molar-refractivity contribution in [2.45, 2.75) is 26.8 Å². The summed E-state index contributed by atoms with van der Waals surface area (Å²) in [5, 5.41) is 7.32. The lowest BCUT2D eigenvalue weighted by molar-refractivity contribution is 0.280. The lowest BCUT2D eigenvalue weighted by atomic mass is 10.1. The molecule has 1 aromatic carbocycles. The minimum absolute atomic E-state index is 0.132. The number of hydrogen-bond acceptors (Lipinski definition) is 2. The van der Waals surface area contributed by atoms with E-state index in [4.69, 9.17) is 11.1 Å². The molecule has 1 aromatic rings. The molecule has 1 rings (SSSR count). The summed E-state index contributed by atoms with van der Waals surface area (Å²) in [6, 6.07) is 7.93. The Bertz CT molecular complexity index is 330. The number of nitrogens with one attached hydrogen (secondary N) is 1. The first kappa shape index (κ1) is 12.7. The van der Waals surface area contributed by atoms with Crippen molar-refractivity contribution in [3.63, 3.8) is 0 Å². The van der Waals surface area contributed by atoms with Crippen LogP contribution in [0.3, 0.4) is 0 Å². The van der Waals surface area contributed by atoms with Gasteiger partial charge < -0.3 is 5.73 Å². The van der Waals surface area contributed by atoms with E-state index >= 15 is 0 Å². The average molecular weight is 219 g/mol. The van der Waals surface area contributed by atoms with E-state index in [2.05, 4.69) is 30.9 Å². The fraction of sp³-hybridized carbons (Fsp3) is 0.462. The number of nitrogens with two attached hydrogens (primary N) is 1. The van der Waals surface area contributed by atoms with Crippen LogP contribution >= 0.6 is 0 Å². The van der Waals surface area contributed by atoms with Crippen LogP contribution in [0.25, 0.3) is 0 Å². The first-order valence-corrected chi connectivity index (χ1v) is 5.83. The fourth-order valence-corrected chi connectivity index (χ4v) is 1.71. The first-order valence-electron chi connectivity index (χ1n) is 5.83. The van der Waals surface area contributed by atoms with Crippen LogP contribution in [0.4, 0.5) is 0 Å². The van der Waals surface area contributed by atoms with Gasteiger partial charge in [0.1, 0.15) is 5.84 Å². The molecular formula is C13H21N3. The Morgan fingerprint density at radius 1 is 1.25 bits per heavy atom. The predicted molar refractivity (Wildman–Crippen MR) is 68.7 cm³/mol. The molecule has 3 nitrogen and oxygen atoms in total. The van der Waals surface area contributed by atoms with Crippen LogP contribution < -0.4 is 5.73 Å². The van der Waals surface area contributed by atoms with E-state index in [1.165, 1.54) is 12.0 Å². The van der Waals surface area contributed by atoms with Gasteiger partial charge in [0.05, 0.1) is 0 Å². The van der Waals surface area contributed by atoms with Gasteiger partial charge in [-0.2, -0.15) is 0 Å². The number of nitrogens with zero attached hydrogens (tertiary/aromatic N) is 1. The summed E-state index contributed by atoms with van der Waals surface area (Å²) >= 11 is 0. The number of hydrogen-bond donors (Lipinski definition) is 2. The molecule has 0 radical (unpaired) electrons. The quantitative estimate of drug-likeness (QED) is 0.569. The maximum absolute atomic E-state index is 7.32. The van der Waals surface area contributed by atoms with Crippen molar-refractivity contribution in [3.8, 4) is 0 Å². The maximum atomic E-state index is 7.32. The van der Waals surface area contributed by atoms with E-state index in [-0.39, 0.29) is 5.84 Å². The standard InChI is InChI=1S/C13H21N3/c1-3-9-16(4-2)10-11-5-7-12(8-6-11)13(14)15/h5-8H,3-4,9-10H2,1-2H3,(H3,14,15). The van der Waals surface area contributed by atoms with Gasteiger partial charge in [0.25, 0.3) is 0 Å². The third-order valence-corrected chi connectivity index (χ3v) is 2.66. The Morgan fingerprint density at radius 3 is 2.31 bits per heavy atom. The van der Waals surface area contributed by atoms with Crippen molar-refractivity contribution in [2.75, 3.05) is 13.1 Å². The number of benzene rings is 1. The average Bonchev–Trinajstić information content (AvgIpc) is 2.29. The Balaban J connectivity index is 2.63. The SMILES string of the molecule is CCCN(CC)Cc1ccc(C(=N)N)cc1. The van der Waals surface area contributed by atoms with Gasteiger partial charge in [-0.05, 0) is 25.1 Å². The third kappa shape index (κ3) is 3.66. The predicted octanol–water partition coefficient (Wildman–Crippen LogP) is 2.20. The van der Waals surface area contributed by atoms with Gasteiger partial charge in [0.2, 0.25) is 0 Å². The summed E-state index contributed by atoms with van der Waals surface area (Å²) in [4.78, 5) is 2.41. The molecule has 0 bridgehead atoms. The third-order valence-electron chi connectivity index (χ3n) is 2.66. The zero-order valence-electron chi connectivity index (χ0n) is 10.2. The zero-order valence-corrected chi connectivity index (χ0v) is 10.2. The molecule has 16 heavy (non-hydrogen) atoms. The minimum Gasteiger partial charge on any atom is -0.384 e. The van der Waals surface area contributed by atoms with Crippen LogP contribution in [0.1, 0.15) is 31.4 Å². The normalized spacial score (nSPS) is 10.7. The van der Waals surface area contributed by atoms with Crippen molar-refractivity contribution >= 4 is 5.84 Å². The van der Waals surface area contributed by atoms with Gasteiger partial charge in [-0.15, -0.1) is 0 Å². The smallest absolute Gasteiger partial charge is 0.122 e. The number of rotatable bonds is 6. The molecule has 0 atom stereocenters. The Hall–Kier alpha value is -1.35. The van der Waals surface area contributed by atoms with Crippen molar-refractivity contribution in [1.29, 1.82) is 5.41 Å². The van der Waals surface area contributed by atoms with Crippen molar-refractivity contribution in [3.05, 3.63) is 35.4 Å². The van der Waals surface area contributed by atoms with Crippen LogP contribution in [0.2, 0.25) is 0 Å². The largest absolute Gasteiger partial charge is 0.384 e. The Labute approximate surface area is 97.8 Å². The number of amidine groups is 1. The van der Waals surface area contributed by atoms with Gasteiger partial charge in [-0.25, -0.2) is 0 Å². The van der Waals surface area contributed by atoms with Crippen LogP contribution in [-0.2, 0) is 6.54 Å².